The maximum atomic E-state index is 12.6. The van der Waals surface area contributed by atoms with E-state index in [0.29, 0.717) is 11.1 Å². The van der Waals surface area contributed by atoms with Crippen LogP contribution in [0.3, 0.4) is 0 Å². The van der Waals surface area contributed by atoms with E-state index in [-0.39, 0.29) is 35.7 Å². The molecule has 1 atom stereocenters. The predicted octanol–water partition coefficient (Wildman–Crippen LogP) is 2.84. The van der Waals surface area contributed by atoms with Crippen LogP contribution in [0.2, 0.25) is 0 Å². The molecule has 2 bridgehead atoms. The molecule has 3 fully saturated rings. The second-order valence-electron chi connectivity index (χ2n) is 8.44. The summed E-state index contributed by atoms with van der Waals surface area (Å²) in [6.07, 6.45) is 0.643. The van der Waals surface area contributed by atoms with Crippen LogP contribution in [-0.4, -0.2) is 50.9 Å². The minimum absolute atomic E-state index is 0.140. The first-order chi connectivity index (χ1) is 11.7. The van der Waals surface area contributed by atoms with Crippen LogP contribution >= 0.6 is 0 Å². The zero-order valence-electron chi connectivity index (χ0n) is 14.7. The smallest absolute Gasteiger partial charge is 0.408 e. The zero-order chi connectivity index (χ0) is 18.1. The van der Waals surface area contributed by atoms with Crippen molar-refractivity contribution in [2.24, 2.45) is 11.3 Å². The molecule has 0 radical (unpaired) electrons. The number of fused-ring (bicyclic) bond motifs is 2. The summed E-state index contributed by atoms with van der Waals surface area (Å²) < 4.78 is 0. The standard InChI is InChI=1S/C19H22N2O4/c1-18(2,3)19-8-11(9-19)14(21(19)17(24)25)10-20-15(22)12-6-4-5-7-13(12)16(20)23/h4-7,11,14H,8-10H2,1-3H3,(H,24,25). The molecule has 0 spiro atoms. The van der Waals surface area contributed by atoms with E-state index in [4.69, 9.17) is 0 Å². The van der Waals surface area contributed by atoms with Gasteiger partial charge in [0.05, 0.1) is 29.3 Å². The van der Waals surface area contributed by atoms with Crippen molar-refractivity contribution in [3.63, 3.8) is 0 Å². The molecule has 1 unspecified atom stereocenters. The Morgan fingerprint density at radius 3 is 2.12 bits per heavy atom. The van der Waals surface area contributed by atoms with Gasteiger partial charge in [-0.2, -0.15) is 0 Å². The summed E-state index contributed by atoms with van der Waals surface area (Å²) in [5.41, 5.74) is 0.237. The summed E-state index contributed by atoms with van der Waals surface area (Å²) in [7, 11) is 0. The summed E-state index contributed by atoms with van der Waals surface area (Å²) in [6.45, 7) is 6.32. The van der Waals surface area contributed by atoms with Crippen LogP contribution in [0.5, 0.6) is 0 Å². The number of imide groups is 1. The van der Waals surface area contributed by atoms with Crippen molar-refractivity contribution in [1.29, 1.82) is 0 Å². The van der Waals surface area contributed by atoms with E-state index in [9.17, 15) is 19.5 Å². The van der Waals surface area contributed by atoms with Gasteiger partial charge in [0.25, 0.3) is 11.8 Å². The third kappa shape index (κ3) is 1.94. The van der Waals surface area contributed by atoms with Crippen molar-refractivity contribution in [2.45, 2.75) is 45.2 Å². The molecule has 1 aromatic carbocycles. The van der Waals surface area contributed by atoms with Crippen molar-refractivity contribution >= 4 is 17.9 Å². The summed E-state index contributed by atoms with van der Waals surface area (Å²) in [4.78, 5) is 40.0. The van der Waals surface area contributed by atoms with Crippen LogP contribution in [0.4, 0.5) is 4.79 Å². The van der Waals surface area contributed by atoms with E-state index in [2.05, 4.69) is 20.8 Å². The van der Waals surface area contributed by atoms with E-state index >= 15 is 0 Å². The molecular weight excluding hydrogens is 320 g/mol. The SMILES string of the molecule is CC(C)(C)C12CC(C1)C(CN1C(=O)c3ccccc3C1=O)N2C(=O)O. The molecule has 132 valence electrons. The van der Waals surface area contributed by atoms with E-state index in [0.717, 1.165) is 12.8 Å². The lowest BCUT2D eigenvalue weighted by Gasteiger charge is -2.51. The summed E-state index contributed by atoms with van der Waals surface area (Å²) in [5, 5.41) is 9.83. The predicted molar refractivity (Wildman–Crippen MR) is 90.4 cm³/mol. The van der Waals surface area contributed by atoms with Gasteiger partial charge in [0.15, 0.2) is 0 Å². The van der Waals surface area contributed by atoms with Gasteiger partial charge in [0.2, 0.25) is 0 Å². The van der Waals surface area contributed by atoms with E-state index in [1.54, 1.807) is 24.3 Å². The highest BCUT2D eigenvalue weighted by Gasteiger charge is 2.68. The monoisotopic (exact) mass is 342 g/mol. The molecule has 3 heterocycles. The molecule has 0 aromatic heterocycles. The van der Waals surface area contributed by atoms with Gasteiger partial charge in [-0.25, -0.2) is 4.79 Å². The minimum Gasteiger partial charge on any atom is -0.465 e. The molecule has 5 rings (SSSR count). The average Bonchev–Trinajstić information content (AvgIpc) is 3.08. The number of hydrogen-bond acceptors (Lipinski definition) is 3. The first-order valence-corrected chi connectivity index (χ1v) is 8.65. The number of rotatable bonds is 2. The molecule has 1 saturated carbocycles. The van der Waals surface area contributed by atoms with Crippen molar-refractivity contribution in [3.8, 4) is 0 Å². The maximum absolute atomic E-state index is 12.6. The van der Waals surface area contributed by atoms with E-state index < -0.39 is 11.6 Å². The number of carbonyl (C=O) groups excluding carboxylic acids is 2. The molecule has 6 nitrogen and oxygen atoms in total. The van der Waals surface area contributed by atoms with Crippen molar-refractivity contribution in [1.82, 2.24) is 9.80 Å². The van der Waals surface area contributed by atoms with Gasteiger partial charge in [0.1, 0.15) is 0 Å². The molecule has 3 aliphatic heterocycles. The number of carboxylic acid groups (broad SMARTS) is 1. The number of amides is 3. The average molecular weight is 342 g/mol. The normalized spacial score (nSPS) is 30.5. The van der Waals surface area contributed by atoms with Gasteiger partial charge >= 0.3 is 6.09 Å². The minimum atomic E-state index is -0.962. The van der Waals surface area contributed by atoms with Gasteiger partial charge in [-0.3, -0.25) is 19.4 Å². The number of carbonyl (C=O) groups is 3. The lowest BCUT2D eigenvalue weighted by molar-refractivity contribution is -0.00147. The Kier molecular flexibility index (Phi) is 3.12. The summed E-state index contributed by atoms with van der Waals surface area (Å²) in [6, 6.07) is 6.45. The first-order valence-electron chi connectivity index (χ1n) is 8.65. The highest BCUT2D eigenvalue weighted by Crippen LogP contribution is 2.62. The summed E-state index contributed by atoms with van der Waals surface area (Å²) in [5.74, 6) is -0.431. The third-order valence-corrected chi connectivity index (χ3v) is 6.39. The second-order valence-corrected chi connectivity index (χ2v) is 8.44. The van der Waals surface area contributed by atoms with Crippen LogP contribution in [-0.2, 0) is 0 Å². The highest BCUT2D eigenvalue weighted by atomic mass is 16.4. The van der Waals surface area contributed by atoms with Crippen LogP contribution in [0, 0.1) is 11.3 Å². The maximum Gasteiger partial charge on any atom is 0.408 e. The fourth-order valence-corrected chi connectivity index (χ4v) is 4.93. The lowest BCUT2D eigenvalue weighted by Crippen LogP contribution is -2.58. The Labute approximate surface area is 146 Å². The Morgan fingerprint density at radius 2 is 1.68 bits per heavy atom. The number of hydrogen-bond donors (Lipinski definition) is 1. The van der Waals surface area contributed by atoms with Gasteiger partial charge in [-0.15, -0.1) is 0 Å². The molecule has 1 aliphatic carbocycles. The molecule has 6 heteroatoms. The third-order valence-electron chi connectivity index (χ3n) is 6.39. The zero-order valence-corrected chi connectivity index (χ0v) is 14.7. The number of benzene rings is 1. The van der Waals surface area contributed by atoms with E-state index in [1.165, 1.54) is 9.80 Å². The van der Waals surface area contributed by atoms with Crippen LogP contribution < -0.4 is 0 Å². The van der Waals surface area contributed by atoms with Gasteiger partial charge < -0.3 is 5.11 Å². The molecular formula is C19H22N2O4. The van der Waals surface area contributed by atoms with Crippen LogP contribution in [0.15, 0.2) is 24.3 Å². The Bertz CT molecular complexity index is 754. The molecule has 1 aromatic rings. The Hall–Kier alpha value is -2.37. The fourth-order valence-electron chi connectivity index (χ4n) is 4.93. The van der Waals surface area contributed by atoms with Crippen molar-refractivity contribution in [3.05, 3.63) is 35.4 Å². The highest BCUT2D eigenvalue weighted by molar-refractivity contribution is 6.21. The first kappa shape index (κ1) is 16.1. The van der Waals surface area contributed by atoms with Gasteiger partial charge in [-0.1, -0.05) is 32.9 Å². The number of nitrogens with zero attached hydrogens (tertiary/aromatic N) is 2. The molecule has 25 heavy (non-hydrogen) atoms. The molecule has 3 amide bonds. The second kappa shape index (κ2) is 4.84. The van der Waals surface area contributed by atoms with Gasteiger partial charge in [0, 0.05) is 0 Å². The van der Waals surface area contributed by atoms with E-state index in [1.807, 2.05) is 0 Å². The molecule has 1 N–H and O–H groups in total. The van der Waals surface area contributed by atoms with Crippen LogP contribution in [0.25, 0.3) is 0 Å². The molecule has 4 aliphatic rings. The molecule has 2 saturated heterocycles. The van der Waals surface area contributed by atoms with Gasteiger partial charge in [-0.05, 0) is 36.3 Å². The largest absolute Gasteiger partial charge is 0.465 e. The topological polar surface area (TPSA) is 77.9 Å². The quantitative estimate of drug-likeness (QED) is 0.838. The lowest BCUT2D eigenvalue weighted by atomic mass is 9.59. The van der Waals surface area contributed by atoms with Crippen molar-refractivity contribution in [2.75, 3.05) is 6.54 Å². The Balaban J connectivity index is 1.64. The Morgan fingerprint density at radius 1 is 1.16 bits per heavy atom. The van der Waals surface area contributed by atoms with Crippen molar-refractivity contribution < 1.29 is 19.5 Å². The fraction of sp³-hybridized carbons (Fsp3) is 0.526. The van der Waals surface area contributed by atoms with Crippen LogP contribution in [0.1, 0.15) is 54.3 Å². The summed E-state index contributed by atoms with van der Waals surface area (Å²) >= 11 is 0.